The van der Waals surface area contributed by atoms with E-state index in [1.807, 2.05) is 61.9 Å². The van der Waals surface area contributed by atoms with Crippen molar-refractivity contribution in [2.24, 2.45) is 5.92 Å². The highest BCUT2D eigenvalue weighted by Gasteiger charge is 2.37. The first-order chi connectivity index (χ1) is 22.6. The van der Waals surface area contributed by atoms with Crippen molar-refractivity contribution in [1.29, 1.82) is 0 Å². The van der Waals surface area contributed by atoms with Gasteiger partial charge in [0, 0.05) is 38.3 Å². The molecular weight excluding hydrogens is 620 g/mol. The summed E-state index contributed by atoms with van der Waals surface area (Å²) in [5, 5.41) is 9.16. The molecule has 0 spiro atoms. The maximum Gasteiger partial charge on any atom is 0.386 e. The molecule has 250 valence electrons. The zero-order valence-electron chi connectivity index (χ0n) is 27.6. The molecule has 3 aromatic carbocycles. The minimum atomic E-state index is -4.09. The molecule has 4 atom stereocenters. The van der Waals surface area contributed by atoms with Gasteiger partial charge in [0.2, 0.25) is 0 Å². The fourth-order valence-electron chi connectivity index (χ4n) is 6.76. The van der Waals surface area contributed by atoms with Crippen LogP contribution in [0.5, 0.6) is 11.5 Å². The quantitative estimate of drug-likeness (QED) is 0.237. The second-order valence-corrected chi connectivity index (χ2v) is 13.9. The fraction of sp³-hybridized carbons (Fsp3) is 0.457. The van der Waals surface area contributed by atoms with Crippen molar-refractivity contribution in [2.75, 3.05) is 26.9 Å². The second-order valence-electron chi connectivity index (χ2n) is 12.4. The summed E-state index contributed by atoms with van der Waals surface area (Å²) in [6, 6.07) is 14.8. The molecule has 3 aliphatic rings. The Morgan fingerprint density at radius 3 is 2.70 bits per heavy atom. The Kier molecular flexibility index (Phi) is 9.54. The van der Waals surface area contributed by atoms with Crippen molar-refractivity contribution >= 4 is 27.3 Å². The van der Waals surface area contributed by atoms with E-state index in [4.69, 9.17) is 18.4 Å². The Hall–Kier alpha value is -4.00. The molecule has 1 aromatic heterocycles. The maximum atomic E-state index is 13.5. The summed E-state index contributed by atoms with van der Waals surface area (Å²) in [7, 11) is -2.40. The first kappa shape index (κ1) is 32.9. The maximum absolute atomic E-state index is 13.5. The third-order valence-electron chi connectivity index (χ3n) is 9.42. The summed E-state index contributed by atoms with van der Waals surface area (Å²) in [5.41, 5.74) is 6.91. The molecule has 0 saturated carbocycles. The van der Waals surface area contributed by atoms with Gasteiger partial charge in [-0.25, -0.2) is 4.68 Å². The average molecular weight is 663 g/mol. The molecule has 0 amide bonds. The standard InChI is InChI=1S/C35H42N4O7S/c1-6-44-34(40)19-31-26-8-7-22(2)30(18-26)24(4)39-21-27-17-28(9-12-33(27)46-47(39,41)42)45-16-14-25(13-15-43-5)20-38-32-11-10-29(31)23(3)35(32)36-37-38/h7-12,17-18,24-25,31H,6,13-16,19-21H2,1-5H3/t24-,25?,31?/m1/s1. The van der Waals surface area contributed by atoms with Gasteiger partial charge in [0.25, 0.3) is 0 Å². The van der Waals surface area contributed by atoms with E-state index in [9.17, 15) is 13.2 Å². The number of hydrogen-bond acceptors (Lipinski definition) is 9. The average Bonchev–Trinajstić information content (AvgIpc) is 3.45. The third kappa shape index (κ3) is 6.72. The molecule has 11 nitrogen and oxygen atoms in total. The van der Waals surface area contributed by atoms with Gasteiger partial charge in [-0.1, -0.05) is 29.5 Å². The van der Waals surface area contributed by atoms with E-state index in [1.54, 1.807) is 26.2 Å². The molecule has 47 heavy (non-hydrogen) atoms. The van der Waals surface area contributed by atoms with Crippen LogP contribution < -0.4 is 8.92 Å². The molecule has 3 aliphatic heterocycles. The lowest BCUT2D eigenvalue weighted by atomic mass is 9.83. The van der Waals surface area contributed by atoms with E-state index in [-0.39, 0.29) is 37.4 Å². The predicted molar refractivity (Wildman–Crippen MR) is 177 cm³/mol. The number of nitrogens with zero attached hydrogens (tertiary/aromatic N) is 4. The third-order valence-corrected chi connectivity index (χ3v) is 10.8. The molecule has 0 N–H and O–H groups in total. The summed E-state index contributed by atoms with van der Waals surface area (Å²) in [6.07, 6.45) is 1.69. The smallest absolute Gasteiger partial charge is 0.386 e. The van der Waals surface area contributed by atoms with Crippen molar-refractivity contribution < 1.29 is 31.6 Å². The van der Waals surface area contributed by atoms with Gasteiger partial charge < -0.3 is 18.4 Å². The van der Waals surface area contributed by atoms with Gasteiger partial charge >= 0.3 is 16.3 Å². The van der Waals surface area contributed by atoms with Gasteiger partial charge in [-0.05, 0) is 98.5 Å². The van der Waals surface area contributed by atoms with Gasteiger partial charge in [0.05, 0.1) is 31.2 Å². The lowest BCUT2D eigenvalue weighted by Crippen LogP contribution is -2.39. The topological polar surface area (TPSA) is 122 Å². The molecule has 0 radical (unpaired) electrons. The molecule has 4 aromatic rings. The Bertz CT molecular complexity index is 1890. The molecule has 0 fully saturated rings. The lowest BCUT2D eigenvalue weighted by molar-refractivity contribution is -0.143. The number of ether oxygens (including phenoxy) is 3. The summed E-state index contributed by atoms with van der Waals surface area (Å²) in [4.78, 5) is 13.0. The minimum absolute atomic E-state index is 0.117. The van der Waals surface area contributed by atoms with Crippen molar-refractivity contribution in [1.82, 2.24) is 19.3 Å². The molecule has 0 aliphatic carbocycles. The fourth-order valence-corrected chi connectivity index (χ4v) is 8.04. The number of carbonyl (C=O) groups excluding carboxylic acids is 1. The molecular formula is C35H42N4O7S. The Morgan fingerprint density at radius 1 is 1.09 bits per heavy atom. The highest BCUT2D eigenvalue weighted by atomic mass is 32.2. The van der Waals surface area contributed by atoms with Gasteiger partial charge in [0.1, 0.15) is 17.0 Å². The summed E-state index contributed by atoms with van der Waals surface area (Å²) in [5.74, 6) is 0.483. The van der Waals surface area contributed by atoms with Gasteiger partial charge in [0.15, 0.2) is 0 Å². The van der Waals surface area contributed by atoms with E-state index in [0.717, 1.165) is 57.3 Å². The number of fused-ring (bicyclic) bond motifs is 5. The van der Waals surface area contributed by atoms with Gasteiger partial charge in [-0.2, -0.15) is 12.7 Å². The van der Waals surface area contributed by atoms with Crippen LogP contribution in [0, 0.1) is 19.8 Å². The van der Waals surface area contributed by atoms with Gasteiger partial charge in [-0.3, -0.25) is 4.79 Å². The minimum Gasteiger partial charge on any atom is -0.494 e. The van der Waals surface area contributed by atoms with Gasteiger partial charge in [-0.15, -0.1) is 5.10 Å². The van der Waals surface area contributed by atoms with Crippen molar-refractivity contribution in [2.45, 2.75) is 72.0 Å². The van der Waals surface area contributed by atoms with Crippen LogP contribution in [0.3, 0.4) is 0 Å². The second kappa shape index (κ2) is 13.6. The molecule has 7 rings (SSSR count). The number of hydrogen-bond donors (Lipinski definition) is 0. The number of aromatic nitrogens is 3. The van der Waals surface area contributed by atoms with Crippen molar-refractivity contribution in [3.8, 4) is 11.5 Å². The van der Waals surface area contributed by atoms with E-state index in [1.165, 1.54) is 4.31 Å². The SMILES string of the molecule is CCOC(=O)CC1c2ccc(C)c(c2)[C@@H](C)N2Cc3cc(ccc3OS2(=O)=O)OCCC(CCOC)Cn2nnc3c(C)c1ccc32. The van der Waals surface area contributed by atoms with Crippen LogP contribution in [0.2, 0.25) is 0 Å². The number of carbonyl (C=O) groups is 1. The van der Waals surface area contributed by atoms with Crippen LogP contribution in [-0.4, -0.2) is 60.6 Å². The Labute approximate surface area is 276 Å². The normalized spacial score (nSPS) is 22.1. The van der Waals surface area contributed by atoms with E-state index in [2.05, 4.69) is 10.3 Å². The number of benzene rings is 3. The molecule has 3 unspecified atom stereocenters. The highest BCUT2D eigenvalue weighted by molar-refractivity contribution is 7.84. The summed E-state index contributed by atoms with van der Waals surface area (Å²) < 4.78 is 52.9. The zero-order chi connectivity index (χ0) is 33.3. The van der Waals surface area contributed by atoms with Crippen molar-refractivity contribution in [3.63, 3.8) is 0 Å². The largest absolute Gasteiger partial charge is 0.494 e. The Morgan fingerprint density at radius 2 is 1.91 bits per heavy atom. The van der Waals surface area contributed by atoms with Crippen LogP contribution in [0.15, 0.2) is 48.5 Å². The van der Waals surface area contributed by atoms with E-state index in [0.29, 0.717) is 31.3 Å². The van der Waals surface area contributed by atoms with Crippen LogP contribution in [-0.2, 0) is 37.7 Å². The number of methoxy groups -OCH3 is 1. The first-order valence-corrected chi connectivity index (χ1v) is 17.5. The van der Waals surface area contributed by atoms with Crippen LogP contribution >= 0.6 is 0 Å². The summed E-state index contributed by atoms with van der Waals surface area (Å²) >= 11 is 0. The first-order valence-electron chi connectivity index (χ1n) is 16.1. The molecule has 0 saturated heterocycles. The lowest BCUT2D eigenvalue weighted by Gasteiger charge is -2.33. The monoisotopic (exact) mass is 662 g/mol. The molecule has 9 bridgehead atoms. The number of aryl methyl sites for hydroxylation is 2. The predicted octanol–water partition coefficient (Wildman–Crippen LogP) is 5.77. The zero-order valence-corrected chi connectivity index (χ0v) is 28.4. The Balaban J connectivity index is 1.50. The van der Waals surface area contributed by atoms with Crippen LogP contribution in [0.25, 0.3) is 11.0 Å². The molecule has 4 heterocycles. The van der Waals surface area contributed by atoms with Crippen LogP contribution in [0.4, 0.5) is 0 Å². The number of esters is 1. The van der Waals surface area contributed by atoms with E-state index < -0.39 is 16.3 Å². The molecule has 12 heteroatoms. The highest BCUT2D eigenvalue weighted by Crippen LogP contribution is 2.40. The summed E-state index contributed by atoms with van der Waals surface area (Å²) in [6.45, 7) is 9.74. The number of rotatable bonds is 6. The van der Waals surface area contributed by atoms with Crippen LogP contribution in [0.1, 0.15) is 78.5 Å². The van der Waals surface area contributed by atoms with E-state index >= 15 is 0 Å². The van der Waals surface area contributed by atoms with Crippen molar-refractivity contribution in [3.05, 3.63) is 81.9 Å².